The Balaban J connectivity index is 2.11. The van der Waals surface area contributed by atoms with Gasteiger partial charge < -0.3 is 10.2 Å². The monoisotopic (exact) mass is 244 g/mol. The molecule has 1 saturated heterocycles. The first-order chi connectivity index (χ1) is 6.31. The number of furan rings is 1. The van der Waals surface area contributed by atoms with E-state index in [0.29, 0.717) is 6.54 Å². The van der Waals surface area contributed by atoms with Crippen molar-refractivity contribution < 1.29 is 4.42 Å². The van der Waals surface area contributed by atoms with Crippen LogP contribution in [0.3, 0.4) is 0 Å². The Labute approximate surface area is 86.0 Å². The van der Waals surface area contributed by atoms with Crippen LogP contribution in [-0.2, 0) is 0 Å². The van der Waals surface area contributed by atoms with Crippen molar-refractivity contribution in [3.05, 3.63) is 22.6 Å². The minimum atomic E-state index is 0.264. The Morgan fingerprint density at radius 2 is 2.31 bits per heavy atom. The first kappa shape index (κ1) is 9.24. The lowest BCUT2D eigenvalue weighted by molar-refractivity contribution is 0.107. The molecule has 4 heteroatoms. The van der Waals surface area contributed by atoms with Crippen LogP contribution in [0.25, 0.3) is 0 Å². The van der Waals surface area contributed by atoms with Gasteiger partial charge in [0.2, 0.25) is 0 Å². The maximum atomic E-state index is 5.71. The number of nitrogens with zero attached hydrogens (tertiary/aromatic N) is 1. The zero-order valence-corrected chi connectivity index (χ0v) is 8.96. The molecule has 1 fully saturated rings. The van der Waals surface area contributed by atoms with Crippen molar-refractivity contribution in [3.63, 3.8) is 0 Å². The fraction of sp³-hybridized carbons (Fsp3) is 0.556. The predicted octanol–water partition coefficient (Wildman–Crippen LogP) is 1.75. The van der Waals surface area contributed by atoms with E-state index in [-0.39, 0.29) is 6.04 Å². The summed E-state index contributed by atoms with van der Waals surface area (Å²) in [6.07, 6.45) is 1.28. The van der Waals surface area contributed by atoms with E-state index in [1.807, 2.05) is 12.1 Å². The van der Waals surface area contributed by atoms with Gasteiger partial charge in [0.15, 0.2) is 4.67 Å². The third-order valence-electron chi connectivity index (χ3n) is 2.48. The van der Waals surface area contributed by atoms with Crippen molar-refractivity contribution in [2.75, 3.05) is 19.6 Å². The van der Waals surface area contributed by atoms with Gasteiger partial charge in [0, 0.05) is 19.6 Å². The molecule has 1 aromatic rings. The second-order valence-corrected chi connectivity index (χ2v) is 4.06. The van der Waals surface area contributed by atoms with Gasteiger partial charge in [-0.25, -0.2) is 0 Å². The molecule has 13 heavy (non-hydrogen) atoms. The molecule has 0 saturated carbocycles. The van der Waals surface area contributed by atoms with Gasteiger partial charge in [-0.1, -0.05) is 0 Å². The molecule has 1 aliphatic heterocycles. The molecule has 2 N–H and O–H groups in total. The second kappa shape index (κ2) is 3.82. The summed E-state index contributed by atoms with van der Waals surface area (Å²) in [5.74, 6) is 0.967. The SMILES string of the molecule is NCC(c1ccc(Br)o1)N1CCC1. The highest BCUT2D eigenvalue weighted by molar-refractivity contribution is 9.10. The van der Waals surface area contributed by atoms with Crippen LogP contribution >= 0.6 is 15.9 Å². The Morgan fingerprint density at radius 1 is 1.54 bits per heavy atom. The van der Waals surface area contributed by atoms with Crippen molar-refractivity contribution in [1.29, 1.82) is 0 Å². The fourth-order valence-electron chi connectivity index (χ4n) is 1.60. The molecule has 1 atom stereocenters. The van der Waals surface area contributed by atoms with Crippen LogP contribution in [0.4, 0.5) is 0 Å². The number of likely N-dealkylation sites (tertiary alicyclic amines) is 1. The van der Waals surface area contributed by atoms with E-state index in [1.54, 1.807) is 0 Å². The number of nitrogens with two attached hydrogens (primary N) is 1. The summed E-state index contributed by atoms with van der Waals surface area (Å²) in [5.41, 5.74) is 5.71. The van der Waals surface area contributed by atoms with Gasteiger partial charge in [-0.05, 0) is 34.5 Å². The average molecular weight is 245 g/mol. The molecule has 0 aliphatic carbocycles. The molecule has 1 unspecified atom stereocenters. The maximum Gasteiger partial charge on any atom is 0.169 e. The van der Waals surface area contributed by atoms with Crippen LogP contribution in [0.2, 0.25) is 0 Å². The normalized spacial score (nSPS) is 19.8. The van der Waals surface area contributed by atoms with E-state index in [0.717, 1.165) is 23.5 Å². The third-order valence-corrected chi connectivity index (χ3v) is 2.90. The minimum Gasteiger partial charge on any atom is -0.453 e. The zero-order valence-electron chi connectivity index (χ0n) is 7.37. The largest absolute Gasteiger partial charge is 0.453 e. The molecule has 0 aromatic carbocycles. The van der Waals surface area contributed by atoms with Gasteiger partial charge in [-0.2, -0.15) is 0 Å². The lowest BCUT2D eigenvalue weighted by Crippen LogP contribution is -2.42. The van der Waals surface area contributed by atoms with E-state index in [9.17, 15) is 0 Å². The molecule has 0 spiro atoms. The molecule has 1 aliphatic rings. The van der Waals surface area contributed by atoms with Crippen molar-refractivity contribution >= 4 is 15.9 Å². The van der Waals surface area contributed by atoms with Crippen molar-refractivity contribution in [2.24, 2.45) is 5.73 Å². The fourth-order valence-corrected chi connectivity index (χ4v) is 1.92. The average Bonchev–Trinajstić information content (AvgIpc) is 2.43. The summed E-state index contributed by atoms with van der Waals surface area (Å²) >= 11 is 3.29. The summed E-state index contributed by atoms with van der Waals surface area (Å²) in [6.45, 7) is 2.90. The summed E-state index contributed by atoms with van der Waals surface area (Å²) < 4.78 is 6.27. The number of halogens is 1. The van der Waals surface area contributed by atoms with E-state index in [2.05, 4.69) is 20.8 Å². The summed E-state index contributed by atoms with van der Waals surface area (Å²) in [4.78, 5) is 2.34. The lowest BCUT2D eigenvalue weighted by atomic mass is 10.1. The molecule has 0 bridgehead atoms. The van der Waals surface area contributed by atoms with E-state index >= 15 is 0 Å². The van der Waals surface area contributed by atoms with Crippen LogP contribution in [-0.4, -0.2) is 24.5 Å². The zero-order chi connectivity index (χ0) is 9.26. The summed E-state index contributed by atoms with van der Waals surface area (Å²) in [6, 6.07) is 4.16. The molecule has 0 radical (unpaired) electrons. The Hall–Kier alpha value is -0.320. The summed E-state index contributed by atoms with van der Waals surface area (Å²) in [7, 11) is 0. The first-order valence-electron chi connectivity index (χ1n) is 4.50. The number of hydrogen-bond acceptors (Lipinski definition) is 3. The Morgan fingerprint density at radius 3 is 2.69 bits per heavy atom. The molecule has 2 rings (SSSR count). The molecular formula is C9H13BrN2O. The topological polar surface area (TPSA) is 42.4 Å². The van der Waals surface area contributed by atoms with Crippen LogP contribution in [0, 0.1) is 0 Å². The van der Waals surface area contributed by atoms with Gasteiger partial charge in [0.25, 0.3) is 0 Å². The Kier molecular flexibility index (Phi) is 2.71. The molecular weight excluding hydrogens is 232 g/mol. The number of hydrogen-bond donors (Lipinski definition) is 1. The van der Waals surface area contributed by atoms with Crippen LogP contribution in [0.5, 0.6) is 0 Å². The van der Waals surface area contributed by atoms with Crippen molar-refractivity contribution in [2.45, 2.75) is 12.5 Å². The van der Waals surface area contributed by atoms with Crippen LogP contribution in [0.1, 0.15) is 18.2 Å². The molecule has 2 heterocycles. The van der Waals surface area contributed by atoms with Crippen LogP contribution in [0.15, 0.2) is 21.2 Å². The highest BCUT2D eigenvalue weighted by Crippen LogP contribution is 2.27. The summed E-state index contributed by atoms with van der Waals surface area (Å²) in [5, 5.41) is 0. The quantitative estimate of drug-likeness (QED) is 0.882. The van der Waals surface area contributed by atoms with Gasteiger partial charge in [0.1, 0.15) is 5.76 Å². The Bertz CT molecular complexity index is 283. The second-order valence-electron chi connectivity index (χ2n) is 3.28. The van der Waals surface area contributed by atoms with E-state index in [4.69, 9.17) is 10.2 Å². The maximum absolute atomic E-state index is 5.71. The standard InChI is InChI=1S/C9H13BrN2O/c10-9-3-2-8(13-9)7(6-11)12-4-1-5-12/h2-3,7H,1,4-6,11H2. The number of rotatable bonds is 3. The van der Waals surface area contributed by atoms with Crippen LogP contribution < -0.4 is 5.73 Å². The predicted molar refractivity (Wildman–Crippen MR) is 54.4 cm³/mol. The lowest BCUT2D eigenvalue weighted by Gasteiger charge is -2.36. The van der Waals surface area contributed by atoms with Gasteiger partial charge in [-0.15, -0.1) is 0 Å². The van der Waals surface area contributed by atoms with Crippen molar-refractivity contribution in [1.82, 2.24) is 4.90 Å². The third kappa shape index (κ3) is 1.80. The van der Waals surface area contributed by atoms with E-state index in [1.165, 1.54) is 6.42 Å². The van der Waals surface area contributed by atoms with Gasteiger partial charge in [-0.3, -0.25) is 4.90 Å². The minimum absolute atomic E-state index is 0.264. The molecule has 0 amide bonds. The van der Waals surface area contributed by atoms with Gasteiger partial charge in [0.05, 0.1) is 6.04 Å². The van der Waals surface area contributed by atoms with E-state index < -0.39 is 0 Å². The highest BCUT2D eigenvalue weighted by atomic mass is 79.9. The molecule has 3 nitrogen and oxygen atoms in total. The smallest absolute Gasteiger partial charge is 0.169 e. The molecule has 1 aromatic heterocycles. The van der Waals surface area contributed by atoms with Crippen molar-refractivity contribution in [3.8, 4) is 0 Å². The highest BCUT2D eigenvalue weighted by Gasteiger charge is 2.26. The van der Waals surface area contributed by atoms with Gasteiger partial charge >= 0.3 is 0 Å². The first-order valence-corrected chi connectivity index (χ1v) is 5.30. The molecule has 72 valence electrons.